The molecule has 6 aromatic rings. The second-order valence-corrected chi connectivity index (χ2v) is 7.71. The van der Waals surface area contributed by atoms with Crippen molar-refractivity contribution >= 4 is 53.3 Å². The van der Waals surface area contributed by atoms with E-state index in [-0.39, 0.29) is 0 Å². The third-order valence-electron chi connectivity index (χ3n) is 5.22. The topological polar surface area (TPSA) is 15.8 Å². The van der Waals surface area contributed by atoms with Gasteiger partial charge in [-0.3, -0.25) is 0 Å². The largest absolute Gasteiger partial charge is 0.354 e. The number of nitrogens with one attached hydrogen (secondary N) is 1. The summed E-state index contributed by atoms with van der Waals surface area (Å²) in [6.07, 6.45) is 0. The number of hydrogen-bond acceptors (Lipinski definition) is 1. The number of benzene rings is 4. The number of H-pyrrole nitrogens is 1. The molecule has 0 bridgehead atoms. The van der Waals surface area contributed by atoms with Crippen LogP contribution in [0.25, 0.3) is 53.1 Å². The van der Waals surface area contributed by atoms with E-state index in [1.54, 1.807) is 0 Å². The first-order valence-corrected chi connectivity index (χ1v) is 9.62. The number of aromatic amines is 1. The van der Waals surface area contributed by atoms with Crippen LogP contribution in [0.15, 0.2) is 84.9 Å². The van der Waals surface area contributed by atoms with Crippen LogP contribution in [0.5, 0.6) is 0 Å². The molecule has 0 aliphatic rings. The maximum atomic E-state index is 3.57. The van der Waals surface area contributed by atoms with E-state index in [4.69, 9.17) is 0 Å². The molecule has 0 radical (unpaired) electrons. The second kappa shape index (κ2) is 5.20. The van der Waals surface area contributed by atoms with Gasteiger partial charge in [0.1, 0.15) is 0 Å². The second-order valence-electron chi connectivity index (χ2n) is 6.69. The fraction of sp³-hybridized carbons (Fsp3) is 0. The molecule has 0 aliphatic carbocycles. The summed E-state index contributed by atoms with van der Waals surface area (Å²) in [4.78, 5) is 3.57. The van der Waals surface area contributed by atoms with E-state index in [0.717, 1.165) is 0 Å². The van der Waals surface area contributed by atoms with Crippen LogP contribution < -0.4 is 0 Å². The molecule has 122 valence electrons. The van der Waals surface area contributed by atoms with Crippen LogP contribution in [0.1, 0.15) is 0 Å². The van der Waals surface area contributed by atoms with Gasteiger partial charge in [-0.25, -0.2) is 0 Å². The summed E-state index contributed by atoms with van der Waals surface area (Å²) < 4.78 is 2.74. The highest BCUT2D eigenvalue weighted by Gasteiger charge is 2.14. The van der Waals surface area contributed by atoms with E-state index < -0.39 is 0 Å². The van der Waals surface area contributed by atoms with E-state index in [9.17, 15) is 0 Å². The lowest BCUT2D eigenvalue weighted by molar-refractivity contribution is 1.55. The molecule has 0 fully saturated rings. The Bertz CT molecular complexity index is 1420. The maximum Gasteiger partial charge on any atom is 0.0479 e. The highest BCUT2D eigenvalue weighted by atomic mass is 32.1. The summed E-state index contributed by atoms with van der Waals surface area (Å²) in [5, 5.41) is 5.35. The first kappa shape index (κ1) is 14.1. The Kier molecular flexibility index (Phi) is 2.82. The van der Waals surface area contributed by atoms with Crippen molar-refractivity contribution in [3.05, 3.63) is 84.9 Å². The van der Waals surface area contributed by atoms with Gasteiger partial charge in [0.15, 0.2) is 0 Å². The SMILES string of the molecule is c1ccc(-c2cccc3c2sc2c3ccc3[nH]c4ccccc4c32)cc1. The predicted molar refractivity (Wildman–Crippen MR) is 114 cm³/mol. The maximum absolute atomic E-state index is 3.57. The molecule has 0 aliphatic heterocycles. The normalized spacial score (nSPS) is 11.8. The zero-order chi connectivity index (χ0) is 17.1. The highest BCUT2D eigenvalue weighted by Crippen LogP contribution is 2.44. The molecular weight excluding hydrogens is 334 g/mol. The van der Waals surface area contributed by atoms with Gasteiger partial charge >= 0.3 is 0 Å². The zero-order valence-electron chi connectivity index (χ0n) is 14.0. The lowest BCUT2D eigenvalue weighted by Crippen LogP contribution is -1.76. The average Bonchev–Trinajstić information content (AvgIpc) is 3.26. The summed E-state index contributed by atoms with van der Waals surface area (Å²) in [7, 11) is 0. The molecule has 0 saturated carbocycles. The van der Waals surface area contributed by atoms with Gasteiger partial charge in [0.25, 0.3) is 0 Å². The van der Waals surface area contributed by atoms with Crippen molar-refractivity contribution in [2.45, 2.75) is 0 Å². The molecule has 0 atom stereocenters. The van der Waals surface area contributed by atoms with Crippen LogP contribution in [-0.4, -0.2) is 4.98 Å². The van der Waals surface area contributed by atoms with Gasteiger partial charge < -0.3 is 4.98 Å². The molecule has 1 nitrogen and oxygen atoms in total. The van der Waals surface area contributed by atoms with Crippen molar-refractivity contribution in [2.75, 3.05) is 0 Å². The van der Waals surface area contributed by atoms with Crippen LogP contribution >= 0.6 is 11.3 Å². The van der Waals surface area contributed by atoms with Crippen LogP contribution in [0.4, 0.5) is 0 Å². The lowest BCUT2D eigenvalue weighted by atomic mass is 10.0. The summed E-state index contributed by atoms with van der Waals surface area (Å²) in [6.45, 7) is 0. The number of fused-ring (bicyclic) bond motifs is 7. The first-order chi connectivity index (χ1) is 12.9. The number of hydrogen-bond donors (Lipinski definition) is 1. The van der Waals surface area contributed by atoms with E-state index in [0.29, 0.717) is 0 Å². The van der Waals surface area contributed by atoms with Gasteiger partial charge in [-0.05, 0) is 23.3 Å². The fourth-order valence-corrected chi connectivity index (χ4v) is 5.43. The molecule has 0 amide bonds. The standard InChI is InChI=1S/C24H15NS/c1-2-7-15(8-3-1)16-10-6-11-17-18-13-14-21-22(24(18)26-23(16)17)19-9-4-5-12-20(19)25-21/h1-14,25H. The number of thiophene rings is 1. The Morgan fingerprint density at radius 2 is 1.31 bits per heavy atom. The van der Waals surface area contributed by atoms with Crippen LogP contribution in [0.2, 0.25) is 0 Å². The van der Waals surface area contributed by atoms with E-state index >= 15 is 0 Å². The monoisotopic (exact) mass is 349 g/mol. The fourth-order valence-electron chi connectivity index (χ4n) is 4.03. The Morgan fingerprint density at radius 1 is 0.538 bits per heavy atom. The zero-order valence-corrected chi connectivity index (χ0v) is 14.8. The summed E-state index contributed by atoms with van der Waals surface area (Å²) in [5.74, 6) is 0. The number of rotatable bonds is 1. The van der Waals surface area contributed by atoms with Crippen molar-refractivity contribution in [3.8, 4) is 11.1 Å². The minimum atomic E-state index is 1.20. The Hall–Kier alpha value is -3.10. The van der Waals surface area contributed by atoms with Gasteiger partial charge in [-0.1, -0.05) is 72.8 Å². The van der Waals surface area contributed by atoms with Crippen molar-refractivity contribution in [2.24, 2.45) is 0 Å². The van der Waals surface area contributed by atoms with E-state index in [1.807, 2.05) is 11.3 Å². The molecule has 2 heteroatoms. The van der Waals surface area contributed by atoms with Gasteiger partial charge in [0.2, 0.25) is 0 Å². The minimum Gasteiger partial charge on any atom is -0.354 e. The van der Waals surface area contributed by atoms with Crippen LogP contribution in [0.3, 0.4) is 0 Å². The van der Waals surface area contributed by atoms with E-state index in [2.05, 4.69) is 89.9 Å². The molecule has 0 unspecified atom stereocenters. The summed E-state index contributed by atoms with van der Waals surface area (Å²) in [6, 6.07) is 30.4. The molecule has 4 aromatic carbocycles. The molecule has 6 rings (SSSR count). The first-order valence-electron chi connectivity index (χ1n) is 8.80. The molecule has 2 heterocycles. The Labute approximate surface area is 154 Å². The predicted octanol–water partition coefficient (Wildman–Crippen LogP) is 7.36. The average molecular weight is 349 g/mol. The van der Waals surface area contributed by atoms with Crippen molar-refractivity contribution in [3.63, 3.8) is 0 Å². The summed E-state index contributed by atoms with van der Waals surface area (Å²) >= 11 is 1.91. The third-order valence-corrected chi connectivity index (χ3v) is 6.49. The van der Waals surface area contributed by atoms with Crippen molar-refractivity contribution in [1.82, 2.24) is 4.98 Å². The highest BCUT2D eigenvalue weighted by molar-refractivity contribution is 7.27. The minimum absolute atomic E-state index is 1.20. The van der Waals surface area contributed by atoms with Gasteiger partial charge in [0.05, 0.1) is 0 Å². The number of para-hydroxylation sites is 1. The smallest absolute Gasteiger partial charge is 0.0479 e. The quantitative estimate of drug-likeness (QED) is 0.319. The molecule has 2 aromatic heterocycles. The Balaban J connectivity index is 1.81. The van der Waals surface area contributed by atoms with Gasteiger partial charge in [-0.15, -0.1) is 11.3 Å². The molecular formula is C24H15NS. The Morgan fingerprint density at radius 3 is 2.23 bits per heavy atom. The molecule has 1 N–H and O–H groups in total. The van der Waals surface area contributed by atoms with Gasteiger partial charge in [-0.2, -0.15) is 0 Å². The third kappa shape index (κ3) is 1.85. The summed E-state index contributed by atoms with van der Waals surface area (Å²) in [5.41, 5.74) is 5.01. The lowest BCUT2D eigenvalue weighted by Gasteiger charge is -2.02. The van der Waals surface area contributed by atoms with Crippen LogP contribution in [0, 0.1) is 0 Å². The van der Waals surface area contributed by atoms with Crippen molar-refractivity contribution < 1.29 is 0 Å². The van der Waals surface area contributed by atoms with Gasteiger partial charge in [0, 0.05) is 42.0 Å². The molecule has 0 saturated heterocycles. The molecule has 0 spiro atoms. The van der Waals surface area contributed by atoms with Crippen molar-refractivity contribution in [1.29, 1.82) is 0 Å². The van der Waals surface area contributed by atoms with E-state index in [1.165, 1.54) is 53.1 Å². The van der Waals surface area contributed by atoms with Crippen LogP contribution in [-0.2, 0) is 0 Å². The molecule has 26 heavy (non-hydrogen) atoms. The number of aromatic nitrogens is 1.